The lowest BCUT2D eigenvalue weighted by atomic mass is 10.1. The summed E-state index contributed by atoms with van der Waals surface area (Å²) in [6, 6.07) is -4.03. The third-order valence-corrected chi connectivity index (χ3v) is 3.60. The van der Waals surface area contributed by atoms with Gasteiger partial charge in [0, 0.05) is 18.3 Å². The number of carbonyl (C=O) groups is 5. The van der Waals surface area contributed by atoms with Gasteiger partial charge >= 0.3 is 5.97 Å². The van der Waals surface area contributed by atoms with Crippen LogP contribution >= 0.6 is 0 Å². The van der Waals surface area contributed by atoms with E-state index >= 15 is 0 Å². The number of aromatic amines is 1. The van der Waals surface area contributed by atoms with Gasteiger partial charge in [0.25, 0.3) is 0 Å². The summed E-state index contributed by atoms with van der Waals surface area (Å²) in [6.45, 7) is -1.50. The predicted octanol–water partition coefficient (Wildman–Crippen LogP) is -4.68. The van der Waals surface area contributed by atoms with Gasteiger partial charge in [-0.3, -0.25) is 24.0 Å². The number of nitrogens with one attached hydrogen (secondary N) is 4. The number of aliphatic hydroxyl groups is 1. The van der Waals surface area contributed by atoms with E-state index in [2.05, 4.69) is 25.9 Å². The summed E-state index contributed by atoms with van der Waals surface area (Å²) >= 11 is 0. The molecule has 1 aromatic rings. The highest BCUT2D eigenvalue weighted by Gasteiger charge is 2.28. The fourth-order valence-corrected chi connectivity index (χ4v) is 2.17. The Labute approximate surface area is 164 Å². The van der Waals surface area contributed by atoms with E-state index < -0.39 is 67.3 Å². The second-order valence-electron chi connectivity index (χ2n) is 5.97. The number of carboxylic acids is 1. The number of aliphatic carboxylic acids is 1. The van der Waals surface area contributed by atoms with Gasteiger partial charge in [-0.1, -0.05) is 0 Å². The number of aliphatic hydroxyl groups excluding tert-OH is 1. The highest BCUT2D eigenvalue weighted by Crippen LogP contribution is 2.00. The lowest BCUT2D eigenvalue weighted by Gasteiger charge is -2.22. The molecule has 0 saturated heterocycles. The Morgan fingerprint density at radius 2 is 1.76 bits per heavy atom. The summed E-state index contributed by atoms with van der Waals surface area (Å²) in [5.41, 5.74) is 10.9. The molecule has 160 valence electrons. The number of amides is 4. The Morgan fingerprint density at radius 3 is 2.28 bits per heavy atom. The van der Waals surface area contributed by atoms with Gasteiger partial charge in [-0.2, -0.15) is 0 Å². The molecule has 10 N–H and O–H groups in total. The maximum Gasteiger partial charge on any atom is 0.322 e. The largest absolute Gasteiger partial charge is 0.480 e. The number of aromatic nitrogens is 2. The SMILES string of the molecule is NC(=O)CC(N)C(=O)NC(CO)C(=O)NC(Cc1cnc[nH]1)C(=O)NCC(=O)O. The van der Waals surface area contributed by atoms with Crippen LogP contribution in [0, 0.1) is 0 Å². The summed E-state index contributed by atoms with van der Waals surface area (Å²) in [4.78, 5) is 64.5. The highest BCUT2D eigenvalue weighted by molar-refractivity contribution is 5.94. The van der Waals surface area contributed by atoms with E-state index in [0.29, 0.717) is 5.69 Å². The molecule has 3 unspecified atom stereocenters. The molecule has 0 aliphatic heterocycles. The molecule has 0 aliphatic rings. The Balaban J connectivity index is 2.81. The van der Waals surface area contributed by atoms with Crippen molar-refractivity contribution in [3.63, 3.8) is 0 Å². The number of nitrogens with zero attached hydrogens (tertiary/aromatic N) is 1. The molecule has 0 bridgehead atoms. The van der Waals surface area contributed by atoms with E-state index in [0.717, 1.165) is 0 Å². The van der Waals surface area contributed by atoms with Crippen LogP contribution in [0.3, 0.4) is 0 Å². The Morgan fingerprint density at radius 1 is 1.10 bits per heavy atom. The normalized spacial score (nSPS) is 13.6. The second-order valence-corrected chi connectivity index (χ2v) is 5.97. The molecule has 0 radical (unpaired) electrons. The molecule has 4 amide bonds. The lowest BCUT2D eigenvalue weighted by Crippen LogP contribution is -2.57. The molecule has 3 atom stereocenters. The van der Waals surface area contributed by atoms with E-state index in [1.54, 1.807) is 0 Å². The van der Waals surface area contributed by atoms with E-state index in [4.69, 9.17) is 16.6 Å². The van der Waals surface area contributed by atoms with Crippen LogP contribution < -0.4 is 27.4 Å². The molecule has 0 spiro atoms. The number of hydrogen-bond donors (Lipinski definition) is 8. The van der Waals surface area contributed by atoms with E-state index in [1.165, 1.54) is 12.5 Å². The van der Waals surface area contributed by atoms with Crippen LogP contribution in [0.5, 0.6) is 0 Å². The van der Waals surface area contributed by atoms with Crippen LogP contribution in [0.4, 0.5) is 0 Å². The molecule has 14 nitrogen and oxygen atoms in total. The quantitative estimate of drug-likeness (QED) is 0.164. The fraction of sp³-hybridized carbons (Fsp3) is 0.467. The minimum Gasteiger partial charge on any atom is -0.480 e. The van der Waals surface area contributed by atoms with Crippen molar-refractivity contribution in [3.8, 4) is 0 Å². The van der Waals surface area contributed by atoms with Gasteiger partial charge in [0.05, 0.1) is 25.4 Å². The number of rotatable bonds is 12. The number of primary amides is 1. The summed E-state index contributed by atoms with van der Waals surface area (Å²) in [7, 11) is 0. The Kier molecular flexibility index (Phi) is 9.21. The summed E-state index contributed by atoms with van der Waals surface area (Å²) < 4.78 is 0. The number of hydrogen-bond acceptors (Lipinski definition) is 8. The molecule has 0 saturated carbocycles. The number of imidazole rings is 1. The van der Waals surface area contributed by atoms with Gasteiger partial charge in [0.1, 0.15) is 18.6 Å². The molecule has 29 heavy (non-hydrogen) atoms. The van der Waals surface area contributed by atoms with Gasteiger partial charge in [0.15, 0.2) is 0 Å². The van der Waals surface area contributed by atoms with Crippen molar-refractivity contribution in [2.75, 3.05) is 13.2 Å². The average molecular weight is 413 g/mol. The van der Waals surface area contributed by atoms with Crippen LogP contribution in [-0.4, -0.2) is 81.1 Å². The zero-order valence-corrected chi connectivity index (χ0v) is 15.3. The van der Waals surface area contributed by atoms with Gasteiger partial charge in [-0.15, -0.1) is 0 Å². The fourth-order valence-electron chi connectivity index (χ4n) is 2.17. The molecular formula is C15H23N7O7. The molecular weight excluding hydrogens is 390 g/mol. The highest BCUT2D eigenvalue weighted by atomic mass is 16.4. The van der Waals surface area contributed by atoms with Crippen molar-refractivity contribution < 1.29 is 34.2 Å². The Hall–Kier alpha value is -3.52. The second kappa shape index (κ2) is 11.4. The van der Waals surface area contributed by atoms with Gasteiger partial charge in [-0.05, 0) is 0 Å². The smallest absolute Gasteiger partial charge is 0.322 e. The summed E-state index contributed by atoms with van der Waals surface area (Å²) in [6.07, 6.45) is 2.22. The summed E-state index contributed by atoms with van der Waals surface area (Å²) in [5, 5.41) is 24.7. The predicted molar refractivity (Wildman–Crippen MR) is 95.7 cm³/mol. The minimum atomic E-state index is -1.47. The van der Waals surface area contributed by atoms with Crippen molar-refractivity contribution in [1.29, 1.82) is 0 Å². The van der Waals surface area contributed by atoms with Crippen molar-refractivity contribution in [1.82, 2.24) is 25.9 Å². The first kappa shape index (κ1) is 23.5. The minimum absolute atomic E-state index is 0.0650. The third kappa shape index (κ3) is 8.35. The van der Waals surface area contributed by atoms with E-state index in [1.807, 2.05) is 0 Å². The topological polar surface area (TPSA) is 243 Å². The molecule has 14 heteroatoms. The van der Waals surface area contributed by atoms with Crippen LogP contribution in [0.1, 0.15) is 12.1 Å². The van der Waals surface area contributed by atoms with E-state index in [-0.39, 0.29) is 6.42 Å². The van der Waals surface area contributed by atoms with Crippen LogP contribution in [0.25, 0.3) is 0 Å². The molecule has 1 heterocycles. The number of carbonyl (C=O) groups excluding carboxylic acids is 4. The van der Waals surface area contributed by atoms with Gasteiger partial charge in [0.2, 0.25) is 23.6 Å². The molecule has 0 fully saturated rings. The maximum atomic E-state index is 12.4. The van der Waals surface area contributed by atoms with Crippen molar-refractivity contribution >= 4 is 29.6 Å². The number of H-pyrrole nitrogens is 1. The van der Waals surface area contributed by atoms with Crippen molar-refractivity contribution in [2.45, 2.75) is 31.0 Å². The molecule has 1 rings (SSSR count). The van der Waals surface area contributed by atoms with Crippen molar-refractivity contribution in [3.05, 3.63) is 18.2 Å². The number of carboxylic acid groups (broad SMARTS) is 1. The first-order valence-corrected chi connectivity index (χ1v) is 8.36. The van der Waals surface area contributed by atoms with Crippen LogP contribution in [0.2, 0.25) is 0 Å². The average Bonchev–Trinajstić information content (AvgIpc) is 3.15. The Bertz CT molecular complexity index is 737. The van der Waals surface area contributed by atoms with Gasteiger partial charge in [-0.25, -0.2) is 4.98 Å². The van der Waals surface area contributed by atoms with Crippen LogP contribution in [0.15, 0.2) is 12.5 Å². The summed E-state index contributed by atoms with van der Waals surface area (Å²) in [5.74, 6) is -4.74. The standard InChI is InChI=1S/C15H23N7O7/c16-8(2-11(17)24)13(27)22-10(5-23)15(29)21-9(1-7-3-18-6-20-7)14(28)19-4-12(25)26/h3,6,8-10,23H,1-2,4-5,16H2,(H2,17,24)(H,18,20)(H,19,28)(H,21,29)(H,22,27)(H,25,26). The molecule has 1 aromatic heterocycles. The lowest BCUT2D eigenvalue weighted by molar-refractivity contribution is -0.138. The monoisotopic (exact) mass is 413 g/mol. The van der Waals surface area contributed by atoms with Gasteiger partial charge < -0.3 is 42.6 Å². The molecule has 0 aromatic carbocycles. The molecule has 0 aliphatic carbocycles. The zero-order chi connectivity index (χ0) is 22.0. The first-order valence-electron chi connectivity index (χ1n) is 8.36. The van der Waals surface area contributed by atoms with Crippen LogP contribution in [-0.2, 0) is 30.4 Å². The maximum absolute atomic E-state index is 12.4. The number of nitrogens with two attached hydrogens (primary N) is 2. The third-order valence-electron chi connectivity index (χ3n) is 3.60. The zero-order valence-electron chi connectivity index (χ0n) is 15.3. The first-order chi connectivity index (χ1) is 13.6. The van der Waals surface area contributed by atoms with E-state index in [9.17, 15) is 29.1 Å². The van der Waals surface area contributed by atoms with Crippen molar-refractivity contribution in [2.24, 2.45) is 11.5 Å².